The maximum atomic E-state index is 5.64. The maximum Gasteiger partial charge on any atom is 0.322 e. The van der Waals surface area contributed by atoms with Crippen molar-refractivity contribution in [3.63, 3.8) is 0 Å². The number of ether oxygens (including phenoxy) is 1. The summed E-state index contributed by atoms with van der Waals surface area (Å²) in [6.07, 6.45) is 1.63. The fourth-order valence-electron chi connectivity index (χ4n) is 1.53. The van der Waals surface area contributed by atoms with E-state index in [1.54, 1.807) is 16.9 Å². The minimum atomic E-state index is 0.298. The molecule has 0 aliphatic carbocycles. The van der Waals surface area contributed by atoms with Crippen LogP contribution in [0.2, 0.25) is 0 Å². The van der Waals surface area contributed by atoms with Crippen molar-refractivity contribution < 1.29 is 4.74 Å². The molecule has 0 aliphatic heterocycles. The standard InChI is InChI=1S/C11H15N5O/c1-7-10(8(2)16(3)15-7)17-11-13-5-4-9(6-12)14-11/h4-5H,6,12H2,1-3H3. The van der Waals surface area contributed by atoms with Gasteiger partial charge in [-0.1, -0.05) is 0 Å². The van der Waals surface area contributed by atoms with Crippen LogP contribution in [0.15, 0.2) is 12.3 Å². The second kappa shape index (κ2) is 4.50. The lowest BCUT2D eigenvalue weighted by atomic mass is 10.3. The number of aryl methyl sites for hydroxylation is 2. The van der Waals surface area contributed by atoms with Gasteiger partial charge in [0.15, 0.2) is 5.75 Å². The highest BCUT2D eigenvalue weighted by molar-refractivity contribution is 5.34. The van der Waals surface area contributed by atoms with Gasteiger partial charge in [0.25, 0.3) is 0 Å². The molecule has 6 nitrogen and oxygen atoms in total. The Kier molecular flexibility index (Phi) is 3.06. The molecule has 2 N–H and O–H groups in total. The van der Waals surface area contributed by atoms with Gasteiger partial charge in [-0.15, -0.1) is 0 Å². The Morgan fingerprint density at radius 3 is 2.76 bits per heavy atom. The summed E-state index contributed by atoms with van der Waals surface area (Å²) < 4.78 is 7.40. The molecule has 0 radical (unpaired) electrons. The van der Waals surface area contributed by atoms with Crippen molar-refractivity contribution in [2.45, 2.75) is 20.4 Å². The Morgan fingerprint density at radius 1 is 1.41 bits per heavy atom. The number of nitrogens with two attached hydrogens (primary N) is 1. The van der Waals surface area contributed by atoms with Crippen LogP contribution in [-0.4, -0.2) is 19.7 Å². The highest BCUT2D eigenvalue weighted by Gasteiger charge is 2.13. The van der Waals surface area contributed by atoms with Crippen molar-refractivity contribution in [2.24, 2.45) is 12.8 Å². The smallest absolute Gasteiger partial charge is 0.322 e. The molecule has 90 valence electrons. The van der Waals surface area contributed by atoms with Crippen LogP contribution in [0.25, 0.3) is 0 Å². The van der Waals surface area contributed by atoms with Gasteiger partial charge in [-0.25, -0.2) is 4.98 Å². The van der Waals surface area contributed by atoms with Crippen molar-refractivity contribution in [2.75, 3.05) is 0 Å². The Morgan fingerprint density at radius 2 is 2.18 bits per heavy atom. The first kappa shape index (κ1) is 11.5. The lowest BCUT2D eigenvalue weighted by Gasteiger charge is -2.04. The van der Waals surface area contributed by atoms with Gasteiger partial charge < -0.3 is 10.5 Å². The number of rotatable bonds is 3. The fraction of sp³-hybridized carbons (Fsp3) is 0.364. The predicted molar refractivity (Wildman–Crippen MR) is 62.7 cm³/mol. The molecule has 2 aromatic rings. The predicted octanol–water partition coefficient (Wildman–Crippen LogP) is 1.08. The third kappa shape index (κ3) is 2.26. The molecule has 0 spiro atoms. The molecule has 2 rings (SSSR count). The van der Waals surface area contributed by atoms with Gasteiger partial charge >= 0.3 is 6.01 Å². The van der Waals surface area contributed by atoms with Gasteiger partial charge in [0.2, 0.25) is 0 Å². The van der Waals surface area contributed by atoms with Crippen LogP contribution >= 0.6 is 0 Å². The molecule has 0 aliphatic rings. The van der Waals surface area contributed by atoms with Crippen LogP contribution in [0.3, 0.4) is 0 Å². The zero-order valence-corrected chi connectivity index (χ0v) is 10.1. The fourth-order valence-corrected chi connectivity index (χ4v) is 1.53. The Hall–Kier alpha value is -1.95. The van der Waals surface area contributed by atoms with E-state index in [9.17, 15) is 0 Å². The summed E-state index contributed by atoms with van der Waals surface area (Å²) in [5.74, 6) is 0.696. The van der Waals surface area contributed by atoms with Gasteiger partial charge in [0, 0.05) is 19.8 Å². The van der Waals surface area contributed by atoms with Crippen LogP contribution in [0, 0.1) is 13.8 Å². The Balaban J connectivity index is 2.31. The average molecular weight is 233 g/mol. The summed E-state index contributed by atoms with van der Waals surface area (Å²) in [6, 6.07) is 2.06. The monoisotopic (exact) mass is 233 g/mol. The largest absolute Gasteiger partial charge is 0.420 e. The van der Waals surface area contributed by atoms with Gasteiger partial charge in [-0.3, -0.25) is 4.68 Å². The van der Waals surface area contributed by atoms with Crippen LogP contribution in [0.5, 0.6) is 11.8 Å². The SMILES string of the molecule is Cc1nn(C)c(C)c1Oc1nccc(CN)n1. The molecule has 17 heavy (non-hydrogen) atoms. The quantitative estimate of drug-likeness (QED) is 0.858. The van der Waals surface area contributed by atoms with E-state index in [0.29, 0.717) is 18.3 Å². The van der Waals surface area contributed by atoms with E-state index in [0.717, 1.165) is 17.1 Å². The first-order chi connectivity index (χ1) is 8.11. The molecule has 0 saturated carbocycles. The Bertz CT molecular complexity index is 535. The van der Waals surface area contributed by atoms with E-state index >= 15 is 0 Å². The highest BCUT2D eigenvalue weighted by atomic mass is 16.5. The van der Waals surface area contributed by atoms with Crippen molar-refractivity contribution >= 4 is 0 Å². The molecule has 0 atom stereocenters. The molecule has 0 aromatic carbocycles. The molecule has 6 heteroatoms. The maximum absolute atomic E-state index is 5.64. The highest BCUT2D eigenvalue weighted by Crippen LogP contribution is 2.25. The second-order valence-electron chi connectivity index (χ2n) is 3.76. The molecule has 0 fully saturated rings. The first-order valence-electron chi connectivity index (χ1n) is 5.32. The van der Waals surface area contributed by atoms with E-state index in [-0.39, 0.29) is 0 Å². The minimum absolute atomic E-state index is 0.298. The van der Waals surface area contributed by atoms with Gasteiger partial charge in [-0.05, 0) is 19.9 Å². The topological polar surface area (TPSA) is 78.8 Å². The average Bonchev–Trinajstić information content (AvgIpc) is 2.56. The normalized spacial score (nSPS) is 10.6. The molecule has 2 heterocycles. The van der Waals surface area contributed by atoms with Gasteiger partial charge in [0.1, 0.15) is 5.69 Å². The molecular formula is C11H15N5O. The number of hydrogen-bond acceptors (Lipinski definition) is 5. The van der Waals surface area contributed by atoms with Crippen molar-refractivity contribution in [1.29, 1.82) is 0 Å². The molecule has 0 unspecified atom stereocenters. The van der Waals surface area contributed by atoms with Gasteiger partial charge in [-0.2, -0.15) is 10.1 Å². The summed E-state index contributed by atoms with van der Waals surface area (Å²) in [6.45, 7) is 4.18. The third-order valence-corrected chi connectivity index (χ3v) is 2.54. The van der Waals surface area contributed by atoms with E-state index in [2.05, 4.69) is 15.1 Å². The molecular weight excluding hydrogens is 218 g/mol. The van der Waals surface area contributed by atoms with Crippen LogP contribution in [0.1, 0.15) is 17.1 Å². The molecule has 0 saturated heterocycles. The summed E-state index contributed by atoms with van der Waals surface area (Å²) >= 11 is 0. The second-order valence-corrected chi connectivity index (χ2v) is 3.76. The number of nitrogens with zero attached hydrogens (tertiary/aromatic N) is 4. The van der Waals surface area contributed by atoms with Crippen LogP contribution in [-0.2, 0) is 13.6 Å². The van der Waals surface area contributed by atoms with Crippen molar-refractivity contribution in [3.05, 3.63) is 29.3 Å². The van der Waals surface area contributed by atoms with Crippen molar-refractivity contribution in [1.82, 2.24) is 19.7 Å². The zero-order valence-electron chi connectivity index (χ0n) is 10.1. The van der Waals surface area contributed by atoms with E-state index in [4.69, 9.17) is 10.5 Å². The molecule has 0 amide bonds. The summed E-state index contributed by atoms with van der Waals surface area (Å²) in [7, 11) is 1.87. The first-order valence-corrected chi connectivity index (χ1v) is 5.32. The lowest BCUT2D eigenvalue weighted by Crippen LogP contribution is -2.02. The van der Waals surface area contributed by atoms with E-state index in [1.165, 1.54) is 0 Å². The Labute approximate surface area is 99.4 Å². The van der Waals surface area contributed by atoms with Crippen molar-refractivity contribution in [3.8, 4) is 11.8 Å². The molecule has 2 aromatic heterocycles. The summed E-state index contributed by atoms with van der Waals surface area (Å²) in [5, 5.41) is 4.26. The van der Waals surface area contributed by atoms with Crippen LogP contribution < -0.4 is 10.5 Å². The van der Waals surface area contributed by atoms with E-state index < -0.39 is 0 Å². The summed E-state index contributed by atoms with van der Waals surface area (Å²) in [4.78, 5) is 8.23. The van der Waals surface area contributed by atoms with Gasteiger partial charge in [0.05, 0.1) is 11.4 Å². The zero-order chi connectivity index (χ0) is 12.4. The lowest BCUT2D eigenvalue weighted by molar-refractivity contribution is 0.432. The number of aromatic nitrogens is 4. The molecule has 0 bridgehead atoms. The summed E-state index contributed by atoms with van der Waals surface area (Å²) in [5.41, 5.74) is 8.00. The number of hydrogen-bond donors (Lipinski definition) is 1. The van der Waals surface area contributed by atoms with Crippen LogP contribution in [0.4, 0.5) is 0 Å². The van der Waals surface area contributed by atoms with E-state index in [1.807, 2.05) is 20.9 Å². The minimum Gasteiger partial charge on any atom is -0.420 e. The third-order valence-electron chi connectivity index (χ3n) is 2.54.